The topological polar surface area (TPSA) is 79.0 Å². The molecule has 6 heteroatoms. The normalized spacial score (nSPS) is 22.8. The van der Waals surface area contributed by atoms with Gasteiger partial charge in [0, 0.05) is 31.0 Å². The summed E-state index contributed by atoms with van der Waals surface area (Å²) in [5.74, 6) is 0.728. The fourth-order valence-electron chi connectivity index (χ4n) is 2.55. The van der Waals surface area contributed by atoms with E-state index in [2.05, 4.69) is 20.6 Å². The SMILES string of the molecule is O=c1nc(NCC2CCCO2)c2c([nH]1)CNCC2. The number of H-pyrrole nitrogens is 1. The highest BCUT2D eigenvalue weighted by Crippen LogP contribution is 2.19. The van der Waals surface area contributed by atoms with Crippen LogP contribution in [0.15, 0.2) is 4.79 Å². The van der Waals surface area contributed by atoms with Crippen LogP contribution >= 0.6 is 0 Å². The molecule has 1 aromatic heterocycles. The van der Waals surface area contributed by atoms with Crippen molar-refractivity contribution in [3.8, 4) is 0 Å². The lowest BCUT2D eigenvalue weighted by Gasteiger charge is -2.20. The summed E-state index contributed by atoms with van der Waals surface area (Å²) in [4.78, 5) is 18.3. The Morgan fingerprint density at radius 2 is 2.44 bits per heavy atom. The Hall–Kier alpha value is -1.40. The number of anilines is 1. The maximum Gasteiger partial charge on any atom is 0.347 e. The van der Waals surface area contributed by atoms with Gasteiger partial charge in [-0.2, -0.15) is 4.98 Å². The van der Waals surface area contributed by atoms with Gasteiger partial charge in [-0.05, 0) is 25.8 Å². The molecule has 0 bridgehead atoms. The number of nitrogens with zero attached hydrogens (tertiary/aromatic N) is 1. The second-order valence-electron chi connectivity index (χ2n) is 4.79. The van der Waals surface area contributed by atoms with Gasteiger partial charge in [0.15, 0.2) is 0 Å². The van der Waals surface area contributed by atoms with Crippen molar-refractivity contribution in [3.63, 3.8) is 0 Å². The summed E-state index contributed by atoms with van der Waals surface area (Å²) in [6, 6.07) is 0. The van der Waals surface area contributed by atoms with Gasteiger partial charge in [0.25, 0.3) is 0 Å². The van der Waals surface area contributed by atoms with Crippen LogP contribution in [0.4, 0.5) is 5.82 Å². The molecule has 0 spiro atoms. The summed E-state index contributed by atoms with van der Waals surface area (Å²) < 4.78 is 5.56. The van der Waals surface area contributed by atoms with E-state index in [0.717, 1.165) is 56.0 Å². The van der Waals surface area contributed by atoms with Crippen molar-refractivity contribution in [3.05, 3.63) is 21.7 Å². The molecule has 1 saturated heterocycles. The number of rotatable bonds is 3. The van der Waals surface area contributed by atoms with Crippen molar-refractivity contribution < 1.29 is 4.74 Å². The minimum atomic E-state index is -0.285. The van der Waals surface area contributed by atoms with Crippen LogP contribution in [-0.4, -0.2) is 35.8 Å². The van der Waals surface area contributed by atoms with Gasteiger partial charge in [-0.25, -0.2) is 4.79 Å². The molecule has 2 aliphatic heterocycles. The Balaban J connectivity index is 1.77. The molecular weight excluding hydrogens is 232 g/mol. The quantitative estimate of drug-likeness (QED) is 0.704. The lowest BCUT2D eigenvalue weighted by Crippen LogP contribution is -2.31. The fraction of sp³-hybridized carbons (Fsp3) is 0.667. The van der Waals surface area contributed by atoms with Crippen LogP contribution in [0, 0.1) is 0 Å². The van der Waals surface area contributed by atoms with Gasteiger partial charge >= 0.3 is 5.69 Å². The van der Waals surface area contributed by atoms with Gasteiger partial charge in [-0.15, -0.1) is 0 Å². The standard InChI is InChI=1S/C12H18N4O2/c17-12-15-10-7-13-4-3-9(10)11(16-12)14-6-8-2-1-5-18-8/h8,13H,1-7H2,(H2,14,15,16,17). The molecule has 6 nitrogen and oxygen atoms in total. The number of aromatic amines is 1. The summed E-state index contributed by atoms with van der Waals surface area (Å²) in [7, 11) is 0. The van der Waals surface area contributed by atoms with E-state index in [-0.39, 0.29) is 11.8 Å². The highest BCUT2D eigenvalue weighted by atomic mass is 16.5. The molecule has 98 valence electrons. The molecule has 3 rings (SSSR count). The van der Waals surface area contributed by atoms with Crippen molar-refractivity contribution in [2.45, 2.75) is 31.9 Å². The van der Waals surface area contributed by atoms with Crippen LogP contribution < -0.4 is 16.3 Å². The van der Waals surface area contributed by atoms with Crippen LogP contribution in [0.3, 0.4) is 0 Å². The minimum Gasteiger partial charge on any atom is -0.376 e. The molecular formula is C12H18N4O2. The molecule has 3 N–H and O–H groups in total. The predicted octanol–water partition coefficient (Wildman–Crippen LogP) is 0.00650. The van der Waals surface area contributed by atoms with Crippen LogP contribution in [0.25, 0.3) is 0 Å². The zero-order valence-corrected chi connectivity index (χ0v) is 10.3. The van der Waals surface area contributed by atoms with Crippen molar-refractivity contribution in [2.24, 2.45) is 0 Å². The predicted molar refractivity (Wildman–Crippen MR) is 67.7 cm³/mol. The molecule has 2 aliphatic rings. The van der Waals surface area contributed by atoms with Gasteiger partial charge in [0.05, 0.1) is 6.10 Å². The van der Waals surface area contributed by atoms with Gasteiger partial charge in [0.2, 0.25) is 0 Å². The second kappa shape index (κ2) is 5.07. The first-order chi connectivity index (χ1) is 8.83. The van der Waals surface area contributed by atoms with E-state index in [1.165, 1.54) is 0 Å². The molecule has 18 heavy (non-hydrogen) atoms. The van der Waals surface area contributed by atoms with Crippen LogP contribution in [-0.2, 0) is 17.7 Å². The second-order valence-corrected chi connectivity index (χ2v) is 4.79. The number of nitrogens with one attached hydrogen (secondary N) is 3. The molecule has 1 atom stereocenters. The highest BCUT2D eigenvalue weighted by molar-refractivity contribution is 5.47. The zero-order valence-electron chi connectivity index (χ0n) is 10.3. The Morgan fingerprint density at radius 3 is 3.28 bits per heavy atom. The average Bonchev–Trinajstić information content (AvgIpc) is 2.89. The summed E-state index contributed by atoms with van der Waals surface area (Å²) >= 11 is 0. The molecule has 0 aliphatic carbocycles. The summed E-state index contributed by atoms with van der Waals surface area (Å²) in [5, 5.41) is 6.51. The number of ether oxygens (including phenoxy) is 1. The molecule has 0 amide bonds. The molecule has 0 saturated carbocycles. The molecule has 3 heterocycles. The van der Waals surface area contributed by atoms with Crippen LogP contribution in [0.1, 0.15) is 24.1 Å². The van der Waals surface area contributed by atoms with Crippen molar-refractivity contribution in [2.75, 3.05) is 25.0 Å². The van der Waals surface area contributed by atoms with Gasteiger partial charge < -0.3 is 20.4 Å². The van der Waals surface area contributed by atoms with E-state index < -0.39 is 0 Å². The van der Waals surface area contributed by atoms with E-state index in [1.54, 1.807) is 0 Å². The van der Waals surface area contributed by atoms with Gasteiger partial charge in [-0.1, -0.05) is 0 Å². The third-order valence-electron chi connectivity index (χ3n) is 3.50. The average molecular weight is 250 g/mol. The molecule has 1 aromatic rings. The molecule has 1 unspecified atom stereocenters. The molecule has 0 radical (unpaired) electrons. The third-order valence-corrected chi connectivity index (χ3v) is 3.50. The largest absolute Gasteiger partial charge is 0.376 e. The Morgan fingerprint density at radius 1 is 1.50 bits per heavy atom. The van der Waals surface area contributed by atoms with Gasteiger partial charge in [0.1, 0.15) is 5.82 Å². The number of hydrogen-bond acceptors (Lipinski definition) is 5. The first-order valence-electron chi connectivity index (χ1n) is 6.51. The van der Waals surface area contributed by atoms with E-state index in [9.17, 15) is 4.79 Å². The monoisotopic (exact) mass is 250 g/mol. The van der Waals surface area contributed by atoms with E-state index >= 15 is 0 Å². The van der Waals surface area contributed by atoms with E-state index in [4.69, 9.17) is 4.74 Å². The van der Waals surface area contributed by atoms with Crippen molar-refractivity contribution in [1.82, 2.24) is 15.3 Å². The van der Waals surface area contributed by atoms with Crippen LogP contribution in [0.2, 0.25) is 0 Å². The number of hydrogen-bond donors (Lipinski definition) is 3. The smallest absolute Gasteiger partial charge is 0.347 e. The fourth-order valence-corrected chi connectivity index (χ4v) is 2.55. The zero-order chi connectivity index (χ0) is 12.4. The van der Waals surface area contributed by atoms with Gasteiger partial charge in [-0.3, -0.25) is 0 Å². The third kappa shape index (κ3) is 2.39. The Bertz CT molecular complexity index is 479. The summed E-state index contributed by atoms with van der Waals surface area (Å²) in [6.07, 6.45) is 3.35. The molecule has 0 aromatic carbocycles. The summed E-state index contributed by atoms with van der Waals surface area (Å²) in [5.41, 5.74) is 1.80. The maximum absolute atomic E-state index is 11.5. The first-order valence-corrected chi connectivity index (χ1v) is 6.51. The Kier molecular flexibility index (Phi) is 3.29. The van der Waals surface area contributed by atoms with Crippen LogP contribution in [0.5, 0.6) is 0 Å². The lowest BCUT2D eigenvalue weighted by atomic mass is 10.1. The lowest BCUT2D eigenvalue weighted by molar-refractivity contribution is 0.120. The first kappa shape index (κ1) is 11.7. The Labute approximate surface area is 105 Å². The minimum absolute atomic E-state index is 0.253. The van der Waals surface area contributed by atoms with Crippen molar-refractivity contribution >= 4 is 5.82 Å². The van der Waals surface area contributed by atoms with E-state index in [0.29, 0.717) is 6.54 Å². The van der Waals surface area contributed by atoms with Crippen molar-refractivity contribution in [1.29, 1.82) is 0 Å². The number of aromatic nitrogens is 2. The molecule has 1 fully saturated rings. The maximum atomic E-state index is 11.5. The highest BCUT2D eigenvalue weighted by Gasteiger charge is 2.19. The number of fused-ring (bicyclic) bond motifs is 1. The van der Waals surface area contributed by atoms with E-state index in [1.807, 2.05) is 0 Å². The summed E-state index contributed by atoms with van der Waals surface area (Å²) in [6.45, 7) is 3.21.